The molecule has 1 aliphatic heterocycles. The van der Waals surface area contributed by atoms with Crippen LogP contribution < -0.4 is 4.80 Å². The van der Waals surface area contributed by atoms with Crippen LogP contribution in [0.4, 0.5) is 14.5 Å². The molecule has 8 nitrogen and oxygen atoms in total. The van der Waals surface area contributed by atoms with E-state index < -0.39 is 21.7 Å². The van der Waals surface area contributed by atoms with Crippen molar-refractivity contribution in [3.05, 3.63) is 88.2 Å². The number of sulfonamides is 1. The summed E-state index contributed by atoms with van der Waals surface area (Å²) in [4.78, 5) is 5.12. The van der Waals surface area contributed by atoms with E-state index in [-0.39, 0.29) is 10.5 Å². The van der Waals surface area contributed by atoms with Crippen LogP contribution in [-0.2, 0) is 14.8 Å². The highest BCUT2D eigenvalue weighted by Gasteiger charge is 2.26. The van der Waals surface area contributed by atoms with Crippen LogP contribution in [0.2, 0.25) is 0 Å². The second kappa shape index (κ2) is 10.3. The number of ether oxygens (including phenoxy) is 1. The Bertz CT molecular complexity index is 1530. The third kappa shape index (κ3) is 4.93. The van der Waals surface area contributed by atoms with Crippen LogP contribution in [0.1, 0.15) is 5.56 Å². The number of aromatic nitrogens is 1. The number of hydrogen-bond donors (Lipinski definition) is 0. The Morgan fingerprint density at radius 2 is 1.69 bits per heavy atom. The topological polar surface area (TPSA) is 89.4 Å². The van der Waals surface area contributed by atoms with Gasteiger partial charge in [-0.1, -0.05) is 6.07 Å². The summed E-state index contributed by atoms with van der Waals surface area (Å²) in [6.07, 6.45) is 2.59. The maximum absolute atomic E-state index is 14.1. The molecule has 1 aliphatic rings. The number of nitrogens with zero attached hydrogens (tertiary/aromatic N) is 4. The first-order valence-electron chi connectivity index (χ1n) is 10.9. The molecule has 0 unspecified atom stereocenters. The Balaban J connectivity index is 1.52. The Morgan fingerprint density at radius 1 is 0.972 bits per heavy atom. The molecule has 4 aromatic rings. The minimum Gasteiger partial charge on any atom is -0.463 e. The first-order chi connectivity index (χ1) is 17.4. The molecule has 0 bridgehead atoms. The molecule has 0 spiro atoms. The summed E-state index contributed by atoms with van der Waals surface area (Å²) in [7, 11) is -3.63. The lowest BCUT2D eigenvalue weighted by Gasteiger charge is -2.26. The summed E-state index contributed by atoms with van der Waals surface area (Å²) in [5.41, 5.74) is 0.721. The van der Waals surface area contributed by atoms with Crippen molar-refractivity contribution in [3.63, 3.8) is 0 Å². The summed E-state index contributed by atoms with van der Waals surface area (Å²) in [6.45, 7) is 1.33. The average molecular weight is 531 g/mol. The maximum Gasteiger partial charge on any atom is 0.243 e. The van der Waals surface area contributed by atoms with Crippen LogP contribution in [0, 0.1) is 11.6 Å². The van der Waals surface area contributed by atoms with Gasteiger partial charge in [-0.25, -0.2) is 26.9 Å². The predicted molar refractivity (Wildman–Crippen MR) is 131 cm³/mol. The normalized spacial score (nSPS) is 15.7. The van der Waals surface area contributed by atoms with Gasteiger partial charge in [0.2, 0.25) is 14.8 Å². The Morgan fingerprint density at radius 3 is 2.36 bits per heavy atom. The first-order valence-corrected chi connectivity index (χ1v) is 13.2. The fourth-order valence-electron chi connectivity index (χ4n) is 3.57. The van der Waals surface area contributed by atoms with Crippen molar-refractivity contribution in [3.8, 4) is 11.5 Å². The van der Waals surface area contributed by atoms with Crippen molar-refractivity contribution in [1.82, 2.24) is 8.98 Å². The lowest BCUT2D eigenvalue weighted by atomic mass is 10.2. The zero-order valence-electron chi connectivity index (χ0n) is 18.8. The molecule has 0 N–H and O–H groups in total. The molecular weight excluding hydrogens is 510 g/mol. The van der Waals surface area contributed by atoms with Crippen molar-refractivity contribution in [2.24, 2.45) is 10.1 Å². The van der Waals surface area contributed by atoms with Gasteiger partial charge in [0.05, 0.1) is 41.8 Å². The molecular formula is C24H20F2N4O4S2. The highest BCUT2D eigenvalue weighted by molar-refractivity contribution is 7.89. The van der Waals surface area contributed by atoms with Crippen molar-refractivity contribution >= 4 is 33.3 Å². The monoisotopic (exact) mass is 530 g/mol. The van der Waals surface area contributed by atoms with Gasteiger partial charge < -0.3 is 9.15 Å². The summed E-state index contributed by atoms with van der Waals surface area (Å²) < 4.78 is 67.5. The lowest BCUT2D eigenvalue weighted by Crippen LogP contribution is -2.40. The van der Waals surface area contributed by atoms with E-state index in [0.29, 0.717) is 48.2 Å². The van der Waals surface area contributed by atoms with Crippen molar-refractivity contribution in [2.75, 3.05) is 26.3 Å². The van der Waals surface area contributed by atoms with Gasteiger partial charge in [-0.2, -0.15) is 9.41 Å². The van der Waals surface area contributed by atoms with Gasteiger partial charge in [-0.15, -0.1) is 11.3 Å². The molecule has 1 fully saturated rings. The number of morpholine rings is 1. The van der Waals surface area contributed by atoms with Gasteiger partial charge in [-0.3, -0.25) is 0 Å². The molecule has 0 atom stereocenters. The van der Waals surface area contributed by atoms with E-state index in [1.54, 1.807) is 29.6 Å². The molecule has 0 amide bonds. The molecule has 0 saturated carbocycles. The third-order valence-corrected chi connectivity index (χ3v) is 8.16. The summed E-state index contributed by atoms with van der Waals surface area (Å²) in [5.74, 6) is -1.000. The molecule has 186 valence electrons. The van der Waals surface area contributed by atoms with Gasteiger partial charge >= 0.3 is 0 Å². The highest BCUT2D eigenvalue weighted by Crippen LogP contribution is 2.23. The standard InChI is InChI=1S/C24H20F2N4O4S2/c25-20-3-1-4-21(26)19(20)15-27-30-22(23-5-2-12-34-23)16-35-24(30)28-17-6-8-18(9-7-17)36(31,32)29-10-13-33-14-11-29/h1-9,12,15-16H,10-11,13-14H2. The smallest absolute Gasteiger partial charge is 0.243 e. The van der Waals surface area contributed by atoms with Crippen LogP contribution >= 0.6 is 11.3 Å². The SMILES string of the molecule is O=S(=O)(c1ccc(N=c2scc(-c3ccco3)n2N=Cc2c(F)cccc2F)cc1)N1CCOCC1. The summed E-state index contributed by atoms with van der Waals surface area (Å²) >= 11 is 1.24. The first kappa shape index (κ1) is 24.3. The van der Waals surface area contributed by atoms with E-state index in [4.69, 9.17) is 9.15 Å². The van der Waals surface area contributed by atoms with E-state index in [0.717, 1.165) is 18.3 Å². The minimum atomic E-state index is -3.63. The summed E-state index contributed by atoms with van der Waals surface area (Å²) in [6, 6.07) is 13.2. The average Bonchev–Trinajstić information content (AvgIpc) is 3.55. The molecule has 12 heteroatoms. The third-order valence-electron chi connectivity index (χ3n) is 5.43. The Labute approximate surface area is 209 Å². The second-order valence-electron chi connectivity index (χ2n) is 7.69. The quantitative estimate of drug-likeness (QED) is 0.349. The fourth-order valence-corrected chi connectivity index (χ4v) is 5.82. The van der Waals surface area contributed by atoms with Crippen LogP contribution in [-0.4, -0.2) is 49.9 Å². The molecule has 0 radical (unpaired) electrons. The Kier molecular flexibility index (Phi) is 6.92. The molecule has 3 heterocycles. The van der Waals surface area contributed by atoms with Crippen molar-refractivity contribution in [2.45, 2.75) is 4.90 Å². The van der Waals surface area contributed by atoms with Crippen LogP contribution in [0.5, 0.6) is 0 Å². The van der Waals surface area contributed by atoms with E-state index in [1.807, 2.05) is 0 Å². The maximum atomic E-state index is 14.1. The minimum absolute atomic E-state index is 0.159. The fraction of sp³-hybridized carbons (Fsp3) is 0.167. The molecule has 2 aromatic heterocycles. The molecule has 1 saturated heterocycles. The molecule has 0 aliphatic carbocycles. The number of halogens is 2. The van der Waals surface area contributed by atoms with Gasteiger partial charge in [0.1, 0.15) is 17.3 Å². The molecule has 36 heavy (non-hydrogen) atoms. The van der Waals surface area contributed by atoms with Crippen LogP contribution in [0.3, 0.4) is 0 Å². The van der Waals surface area contributed by atoms with Gasteiger partial charge in [-0.05, 0) is 48.5 Å². The zero-order chi connectivity index (χ0) is 25.1. The van der Waals surface area contributed by atoms with Crippen LogP contribution in [0.15, 0.2) is 85.6 Å². The number of hydrogen-bond acceptors (Lipinski definition) is 7. The molecule has 2 aromatic carbocycles. The lowest BCUT2D eigenvalue weighted by molar-refractivity contribution is 0.0730. The van der Waals surface area contributed by atoms with Crippen molar-refractivity contribution in [1.29, 1.82) is 0 Å². The van der Waals surface area contributed by atoms with Crippen molar-refractivity contribution < 1.29 is 26.4 Å². The van der Waals surface area contributed by atoms with Gasteiger partial charge in [0.15, 0.2) is 5.76 Å². The second-order valence-corrected chi connectivity index (χ2v) is 10.5. The number of furan rings is 1. The molecule has 5 rings (SSSR count). The Hall–Kier alpha value is -3.45. The number of thiazole rings is 1. The van der Waals surface area contributed by atoms with E-state index in [2.05, 4.69) is 10.1 Å². The predicted octanol–water partition coefficient (Wildman–Crippen LogP) is 4.22. The van der Waals surface area contributed by atoms with Crippen LogP contribution in [0.25, 0.3) is 11.5 Å². The van der Waals surface area contributed by atoms with Gasteiger partial charge in [0, 0.05) is 18.5 Å². The van der Waals surface area contributed by atoms with E-state index in [9.17, 15) is 17.2 Å². The number of benzene rings is 2. The van der Waals surface area contributed by atoms with E-state index >= 15 is 0 Å². The number of rotatable bonds is 6. The van der Waals surface area contributed by atoms with E-state index in [1.165, 1.54) is 44.8 Å². The largest absolute Gasteiger partial charge is 0.463 e. The summed E-state index contributed by atoms with van der Waals surface area (Å²) in [5, 5.41) is 6.04. The van der Waals surface area contributed by atoms with Gasteiger partial charge in [0.25, 0.3) is 0 Å². The highest BCUT2D eigenvalue weighted by atomic mass is 32.2. The zero-order valence-corrected chi connectivity index (χ0v) is 20.4.